The third-order valence-electron chi connectivity index (χ3n) is 4.21. The summed E-state index contributed by atoms with van der Waals surface area (Å²) in [6.07, 6.45) is 3.38. The Bertz CT molecular complexity index is 870. The topological polar surface area (TPSA) is 51.2 Å². The van der Waals surface area contributed by atoms with Crippen molar-refractivity contribution in [3.63, 3.8) is 0 Å². The first-order valence-corrected chi connectivity index (χ1v) is 10.1. The molecule has 3 aromatic rings. The standard InChI is InChI=1S/C22H24N2O2S/c1-3-4-5-14-26-19-12-10-18(11-13-19)21(25)24-22-23-20(15-27-22)17-8-6-16(2)7-9-17/h6-13,15H,3-5,14H2,1-2H3,(H,23,24,25). The highest BCUT2D eigenvalue weighted by atomic mass is 32.1. The van der Waals surface area contributed by atoms with Crippen molar-refractivity contribution >= 4 is 22.4 Å². The highest BCUT2D eigenvalue weighted by molar-refractivity contribution is 7.14. The maximum atomic E-state index is 12.4. The number of anilines is 1. The summed E-state index contributed by atoms with van der Waals surface area (Å²) in [5.41, 5.74) is 3.70. The zero-order chi connectivity index (χ0) is 19.1. The molecule has 5 heteroatoms. The number of amides is 1. The first kappa shape index (κ1) is 19.1. The summed E-state index contributed by atoms with van der Waals surface area (Å²) >= 11 is 1.42. The van der Waals surface area contributed by atoms with Crippen molar-refractivity contribution in [1.29, 1.82) is 0 Å². The second kappa shape index (κ2) is 9.33. The molecule has 0 fully saturated rings. The number of benzene rings is 2. The van der Waals surface area contributed by atoms with E-state index in [0.717, 1.165) is 23.4 Å². The smallest absolute Gasteiger partial charge is 0.257 e. The van der Waals surface area contributed by atoms with E-state index in [0.29, 0.717) is 17.3 Å². The summed E-state index contributed by atoms with van der Waals surface area (Å²) in [4.78, 5) is 16.9. The Labute approximate surface area is 164 Å². The van der Waals surface area contributed by atoms with Crippen LogP contribution < -0.4 is 10.1 Å². The minimum absolute atomic E-state index is 0.169. The third-order valence-corrected chi connectivity index (χ3v) is 4.96. The molecule has 0 bridgehead atoms. The Hall–Kier alpha value is -2.66. The van der Waals surface area contributed by atoms with Gasteiger partial charge in [0.1, 0.15) is 5.75 Å². The van der Waals surface area contributed by atoms with E-state index < -0.39 is 0 Å². The molecule has 1 aromatic heterocycles. The maximum Gasteiger partial charge on any atom is 0.257 e. The van der Waals surface area contributed by atoms with Gasteiger partial charge >= 0.3 is 0 Å². The van der Waals surface area contributed by atoms with Crippen LogP contribution in [0.25, 0.3) is 11.3 Å². The molecule has 0 aliphatic carbocycles. The van der Waals surface area contributed by atoms with Gasteiger partial charge in [-0.3, -0.25) is 10.1 Å². The minimum Gasteiger partial charge on any atom is -0.494 e. The van der Waals surface area contributed by atoms with Gasteiger partial charge in [0.15, 0.2) is 5.13 Å². The van der Waals surface area contributed by atoms with E-state index in [2.05, 4.69) is 36.3 Å². The number of hydrogen-bond donors (Lipinski definition) is 1. The number of aromatic nitrogens is 1. The van der Waals surface area contributed by atoms with E-state index in [-0.39, 0.29) is 5.91 Å². The van der Waals surface area contributed by atoms with E-state index in [4.69, 9.17) is 4.74 Å². The SMILES string of the molecule is CCCCCOc1ccc(C(=O)Nc2nc(-c3ccc(C)cc3)cs2)cc1. The second-order valence-electron chi connectivity index (χ2n) is 6.44. The number of unbranched alkanes of at least 4 members (excludes halogenated alkanes) is 2. The van der Waals surface area contributed by atoms with E-state index in [1.807, 2.05) is 29.6 Å². The van der Waals surface area contributed by atoms with Crippen molar-refractivity contribution in [2.75, 3.05) is 11.9 Å². The summed E-state index contributed by atoms with van der Waals surface area (Å²) < 4.78 is 5.68. The van der Waals surface area contributed by atoms with Crippen LogP contribution in [0.15, 0.2) is 53.9 Å². The number of hydrogen-bond acceptors (Lipinski definition) is 4. The monoisotopic (exact) mass is 380 g/mol. The molecule has 4 nitrogen and oxygen atoms in total. The number of rotatable bonds is 8. The molecule has 27 heavy (non-hydrogen) atoms. The predicted molar refractivity (Wildman–Crippen MR) is 112 cm³/mol. The normalized spacial score (nSPS) is 10.6. The van der Waals surface area contributed by atoms with E-state index >= 15 is 0 Å². The Morgan fingerprint density at radius 2 is 1.81 bits per heavy atom. The summed E-state index contributed by atoms with van der Waals surface area (Å²) in [6, 6.07) is 15.4. The number of carbonyl (C=O) groups excluding carboxylic acids is 1. The molecule has 0 saturated carbocycles. The van der Waals surface area contributed by atoms with Crippen LogP contribution in [0.1, 0.15) is 42.1 Å². The Morgan fingerprint density at radius 1 is 1.07 bits per heavy atom. The number of thiazole rings is 1. The van der Waals surface area contributed by atoms with Crippen molar-refractivity contribution < 1.29 is 9.53 Å². The van der Waals surface area contributed by atoms with Gasteiger partial charge in [0.2, 0.25) is 0 Å². The molecule has 0 unspecified atom stereocenters. The average molecular weight is 381 g/mol. The van der Waals surface area contributed by atoms with Gasteiger partial charge in [-0.1, -0.05) is 49.6 Å². The highest BCUT2D eigenvalue weighted by Crippen LogP contribution is 2.25. The van der Waals surface area contributed by atoms with E-state index in [1.54, 1.807) is 12.1 Å². The van der Waals surface area contributed by atoms with Crippen LogP contribution in [0.4, 0.5) is 5.13 Å². The van der Waals surface area contributed by atoms with Crippen LogP contribution in [-0.2, 0) is 0 Å². The molecule has 0 aliphatic heterocycles. The Balaban J connectivity index is 1.58. The number of carbonyl (C=O) groups is 1. The molecular weight excluding hydrogens is 356 g/mol. The van der Waals surface area contributed by atoms with Gasteiger partial charge in [0.05, 0.1) is 12.3 Å². The van der Waals surface area contributed by atoms with Gasteiger partial charge < -0.3 is 4.74 Å². The van der Waals surface area contributed by atoms with Crippen LogP contribution in [-0.4, -0.2) is 17.5 Å². The van der Waals surface area contributed by atoms with Gasteiger partial charge in [-0.2, -0.15) is 0 Å². The lowest BCUT2D eigenvalue weighted by Gasteiger charge is -2.07. The Morgan fingerprint density at radius 3 is 2.52 bits per heavy atom. The zero-order valence-electron chi connectivity index (χ0n) is 15.7. The van der Waals surface area contributed by atoms with Crippen molar-refractivity contribution in [2.45, 2.75) is 33.1 Å². The van der Waals surface area contributed by atoms with Gasteiger partial charge in [0, 0.05) is 16.5 Å². The van der Waals surface area contributed by atoms with Gasteiger partial charge in [0.25, 0.3) is 5.91 Å². The molecule has 2 aromatic carbocycles. The van der Waals surface area contributed by atoms with Gasteiger partial charge in [-0.25, -0.2) is 4.98 Å². The lowest BCUT2D eigenvalue weighted by Crippen LogP contribution is -2.11. The van der Waals surface area contributed by atoms with Crippen LogP contribution in [0.2, 0.25) is 0 Å². The van der Waals surface area contributed by atoms with Crippen molar-refractivity contribution in [3.05, 3.63) is 65.0 Å². The lowest BCUT2D eigenvalue weighted by atomic mass is 10.1. The fourth-order valence-corrected chi connectivity index (χ4v) is 3.32. The van der Waals surface area contributed by atoms with Gasteiger partial charge in [-0.05, 0) is 37.6 Å². The number of nitrogens with zero attached hydrogens (tertiary/aromatic N) is 1. The fraction of sp³-hybridized carbons (Fsp3) is 0.273. The summed E-state index contributed by atoms with van der Waals surface area (Å²) in [7, 11) is 0. The molecule has 0 aliphatic rings. The molecule has 1 N–H and O–H groups in total. The highest BCUT2D eigenvalue weighted by Gasteiger charge is 2.10. The third kappa shape index (κ3) is 5.41. The fourth-order valence-electron chi connectivity index (χ4n) is 2.60. The number of ether oxygens (including phenoxy) is 1. The largest absolute Gasteiger partial charge is 0.494 e. The Kier molecular flexibility index (Phi) is 6.60. The minimum atomic E-state index is -0.169. The van der Waals surface area contributed by atoms with Crippen LogP contribution in [0, 0.1) is 6.92 Å². The zero-order valence-corrected chi connectivity index (χ0v) is 16.5. The van der Waals surface area contributed by atoms with E-state index in [1.165, 1.54) is 29.7 Å². The molecule has 1 amide bonds. The summed E-state index contributed by atoms with van der Waals surface area (Å²) in [5, 5.41) is 5.41. The first-order chi connectivity index (χ1) is 13.2. The molecule has 3 rings (SSSR count). The van der Waals surface area contributed by atoms with Crippen molar-refractivity contribution in [3.8, 4) is 17.0 Å². The maximum absolute atomic E-state index is 12.4. The predicted octanol–water partition coefficient (Wildman–Crippen LogP) is 5.94. The molecule has 1 heterocycles. The molecule has 0 saturated heterocycles. The van der Waals surface area contributed by atoms with Crippen molar-refractivity contribution in [1.82, 2.24) is 4.98 Å². The van der Waals surface area contributed by atoms with Crippen molar-refractivity contribution in [2.24, 2.45) is 0 Å². The quantitative estimate of drug-likeness (QED) is 0.492. The number of nitrogens with one attached hydrogen (secondary N) is 1. The van der Waals surface area contributed by atoms with Crippen LogP contribution >= 0.6 is 11.3 Å². The molecule has 0 spiro atoms. The van der Waals surface area contributed by atoms with Gasteiger partial charge in [-0.15, -0.1) is 11.3 Å². The summed E-state index contributed by atoms with van der Waals surface area (Å²) in [6.45, 7) is 4.93. The molecule has 0 atom stereocenters. The summed E-state index contributed by atoms with van der Waals surface area (Å²) in [5.74, 6) is 0.621. The lowest BCUT2D eigenvalue weighted by molar-refractivity contribution is 0.102. The molecule has 0 radical (unpaired) electrons. The first-order valence-electron chi connectivity index (χ1n) is 9.22. The molecule has 140 valence electrons. The molecular formula is C22H24N2O2S. The average Bonchev–Trinajstić information content (AvgIpc) is 3.15. The second-order valence-corrected chi connectivity index (χ2v) is 7.30. The number of aryl methyl sites for hydroxylation is 1. The van der Waals surface area contributed by atoms with Crippen LogP contribution in [0.5, 0.6) is 5.75 Å². The van der Waals surface area contributed by atoms with E-state index in [9.17, 15) is 4.79 Å². The van der Waals surface area contributed by atoms with Crippen LogP contribution in [0.3, 0.4) is 0 Å².